The predicted octanol–water partition coefficient (Wildman–Crippen LogP) is -1.13. The van der Waals surface area contributed by atoms with Crippen molar-refractivity contribution in [2.45, 2.75) is 0 Å². The van der Waals surface area contributed by atoms with Crippen LogP contribution in [0.1, 0.15) is 2.85 Å². The molecule has 34 valence electrons. The van der Waals surface area contributed by atoms with Crippen molar-refractivity contribution in [1.82, 2.24) is 0 Å². The topological polar surface area (TPSA) is 0 Å². The summed E-state index contributed by atoms with van der Waals surface area (Å²) in [6.07, 6.45) is 0. The fourth-order valence-corrected chi connectivity index (χ4v) is 0. The number of halogens is 1. The SMILES string of the molecule is F.P.[AlH3].[Fe].[H-].[H-].[Mg+2]. The van der Waals surface area contributed by atoms with Crippen LogP contribution in [0.4, 0.5) is 4.70 Å². The molecule has 0 spiro atoms. The maximum atomic E-state index is 0. The summed E-state index contributed by atoms with van der Waals surface area (Å²) in [6, 6.07) is 0. The first kappa shape index (κ1) is 57.7. The minimum absolute atomic E-state index is 0. The van der Waals surface area contributed by atoms with Gasteiger partial charge in [-0.2, -0.15) is 9.90 Å². The normalized spacial score (nSPS) is 0. The smallest absolute Gasteiger partial charge is 1.00 e. The zero-order valence-electron chi connectivity index (χ0n) is 4.18. The van der Waals surface area contributed by atoms with E-state index in [-0.39, 0.29) is 74.9 Å². The van der Waals surface area contributed by atoms with E-state index < -0.39 is 0 Å². The van der Waals surface area contributed by atoms with Crippen LogP contribution in [0.2, 0.25) is 0 Å². The Morgan fingerprint density at radius 2 is 1.20 bits per heavy atom. The molecule has 5 heavy (non-hydrogen) atoms. The standard InChI is InChI=1S/Al.FH.Fe.Mg.H3P.5H/h;1H;;;1H3;;;;;/q;;;+2;;;;;2*-1. The average molecular weight is 166 g/mol. The first-order valence-corrected chi connectivity index (χ1v) is 0. The van der Waals surface area contributed by atoms with Gasteiger partial charge >= 0.3 is 23.1 Å². The third kappa shape index (κ3) is 22.7. The van der Waals surface area contributed by atoms with E-state index in [1.807, 2.05) is 0 Å². The molecule has 0 radical (unpaired) electrons. The molecular weight excluding hydrogens is 157 g/mol. The third-order valence-electron chi connectivity index (χ3n) is 0. The summed E-state index contributed by atoms with van der Waals surface area (Å²) >= 11 is 0. The molecule has 0 heterocycles. The van der Waals surface area contributed by atoms with Gasteiger partial charge in [-0.1, -0.05) is 0 Å². The van der Waals surface area contributed by atoms with Crippen LogP contribution in [0.3, 0.4) is 0 Å². The van der Waals surface area contributed by atoms with Crippen LogP contribution in [0.15, 0.2) is 0 Å². The van der Waals surface area contributed by atoms with Crippen LogP contribution in [0.25, 0.3) is 0 Å². The minimum Gasteiger partial charge on any atom is -1.00 e. The molecule has 0 bridgehead atoms. The van der Waals surface area contributed by atoms with Crippen molar-refractivity contribution in [3.63, 3.8) is 0 Å². The second kappa shape index (κ2) is 34.9. The largest absolute Gasteiger partial charge is 2.00 e. The Kier molecular flexibility index (Phi) is 403. The molecule has 0 aromatic heterocycles. The molecule has 1 unspecified atom stereocenters. The van der Waals surface area contributed by atoms with Crippen molar-refractivity contribution in [3.8, 4) is 0 Å². The van der Waals surface area contributed by atoms with Crippen LogP contribution in [0.5, 0.6) is 0 Å². The van der Waals surface area contributed by atoms with E-state index in [4.69, 9.17) is 0 Å². The Morgan fingerprint density at radius 1 is 1.20 bits per heavy atom. The Morgan fingerprint density at radius 3 is 1.20 bits per heavy atom. The van der Waals surface area contributed by atoms with Crippen molar-refractivity contribution >= 4 is 50.3 Å². The Labute approximate surface area is 74.6 Å². The minimum atomic E-state index is 0. The third-order valence-corrected chi connectivity index (χ3v) is 0. The molecular formula is H9AlFFeMgP. The maximum Gasteiger partial charge on any atom is 2.00 e. The summed E-state index contributed by atoms with van der Waals surface area (Å²) in [5, 5.41) is 0. The van der Waals surface area contributed by atoms with Gasteiger partial charge in [0.15, 0.2) is 17.4 Å². The van der Waals surface area contributed by atoms with Crippen molar-refractivity contribution in [3.05, 3.63) is 0 Å². The summed E-state index contributed by atoms with van der Waals surface area (Å²) in [5.41, 5.74) is 0. The van der Waals surface area contributed by atoms with Crippen LogP contribution in [-0.2, 0) is 17.1 Å². The number of rotatable bonds is 0. The molecule has 0 aliphatic heterocycles. The van der Waals surface area contributed by atoms with E-state index >= 15 is 0 Å². The van der Waals surface area contributed by atoms with E-state index in [9.17, 15) is 0 Å². The van der Waals surface area contributed by atoms with E-state index in [1.54, 1.807) is 0 Å². The molecule has 0 aromatic rings. The van der Waals surface area contributed by atoms with Crippen molar-refractivity contribution in [1.29, 1.82) is 0 Å². The molecule has 5 heteroatoms. The monoisotopic (exact) mass is 166 g/mol. The van der Waals surface area contributed by atoms with Gasteiger partial charge in [0.2, 0.25) is 0 Å². The fourth-order valence-electron chi connectivity index (χ4n) is 0. The number of hydrogen-bond acceptors (Lipinski definition) is 0. The van der Waals surface area contributed by atoms with Gasteiger partial charge < -0.3 is 2.85 Å². The first-order chi connectivity index (χ1) is 0. The average Bonchev–Trinajstić information content (AvgIpc) is 0. The molecule has 0 saturated carbocycles. The maximum absolute atomic E-state index is 0. The fraction of sp³-hybridized carbons (Fsp3) is 0. The molecule has 0 aliphatic rings. The molecule has 0 nitrogen and oxygen atoms in total. The van der Waals surface area contributed by atoms with E-state index in [0.29, 0.717) is 0 Å². The summed E-state index contributed by atoms with van der Waals surface area (Å²) in [7, 11) is 0. The molecule has 0 rings (SSSR count). The van der Waals surface area contributed by atoms with Gasteiger partial charge in [0.05, 0.1) is 0 Å². The van der Waals surface area contributed by atoms with Gasteiger partial charge in [0, 0.05) is 17.1 Å². The zero-order chi connectivity index (χ0) is 0. The molecule has 0 fully saturated rings. The zero-order valence-corrected chi connectivity index (χ0v) is 6.11. The summed E-state index contributed by atoms with van der Waals surface area (Å²) < 4.78 is 0. The van der Waals surface area contributed by atoms with Gasteiger partial charge in [0.25, 0.3) is 0 Å². The van der Waals surface area contributed by atoms with Gasteiger partial charge in [-0.05, 0) is 0 Å². The van der Waals surface area contributed by atoms with E-state index in [2.05, 4.69) is 0 Å². The van der Waals surface area contributed by atoms with Crippen LogP contribution in [0, 0.1) is 0 Å². The van der Waals surface area contributed by atoms with Gasteiger partial charge in [0.1, 0.15) is 0 Å². The van der Waals surface area contributed by atoms with Gasteiger partial charge in [-0.15, -0.1) is 0 Å². The van der Waals surface area contributed by atoms with Crippen LogP contribution in [-0.4, -0.2) is 40.4 Å². The Balaban J connectivity index is 0. The van der Waals surface area contributed by atoms with Gasteiger partial charge in [-0.3, -0.25) is 4.70 Å². The second-order valence-electron chi connectivity index (χ2n) is 0. The first-order valence-electron chi connectivity index (χ1n) is 0. The molecule has 0 N–H and O–H groups in total. The van der Waals surface area contributed by atoms with Crippen molar-refractivity contribution < 1.29 is 24.6 Å². The summed E-state index contributed by atoms with van der Waals surface area (Å²) in [6.45, 7) is 0. The molecule has 0 aromatic carbocycles. The van der Waals surface area contributed by atoms with Crippen LogP contribution < -0.4 is 0 Å². The second-order valence-corrected chi connectivity index (χ2v) is 0. The summed E-state index contributed by atoms with van der Waals surface area (Å²) in [5.74, 6) is 0. The summed E-state index contributed by atoms with van der Waals surface area (Å²) in [4.78, 5) is 0. The van der Waals surface area contributed by atoms with E-state index in [0.717, 1.165) is 0 Å². The van der Waals surface area contributed by atoms with Crippen molar-refractivity contribution in [2.75, 3.05) is 0 Å². The van der Waals surface area contributed by atoms with E-state index in [1.165, 1.54) is 0 Å². The van der Waals surface area contributed by atoms with Crippen molar-refractivity contribution in [2.24, 2.45) is 0 Å². The van der Waals surface area contributed by atoms with Crippen LogP contribution >= 0.6 is 9.90 Å². The Hall–Kier alpha value is 2.18. The predicted molar refractivity (Wildman–Crippen MR) is 31.5 cm³/mol. The molecule has 0 aliphatic carbocycles. The Bertz CT molecular complexity index is 17.7. The number of hydrogen-bond donors (Lipinski definition) is 0. The quantitative estimate of drug-likeness (QED) is 0.315. The molecule has 0 amide bonds. The van der Waals surface area contributed by atoms with Gasteiger partial charge in [-0.25, -0.2) is 0 Å². The molecule has 1 atom stereocenters. The molecule has 0 saturated heterocycles.